The van der Waals surface area contributed by atoms with E-state index in [1.807, 2.05) is 37.3 Å². The minimum absolute atomic E-state index is 0.135. The van der Waals surface area contributed by atoms with Gasteiger partial charge in [-0.3, -0.25) is 4.79 Å². The topological polar surface area (TPSA) is 70.6 Å². The summed E-state index contributed by atoms with van der Waals surface area (Å²) in [6.07, 6.45) is 2.45. The van der Waals surface area contributed by atoms with E-state index in [9.17, 15) is 13.2 Å². The Bertz CT molecular complexity index is 865. The molecule has 3 rings (SSSR count). The van der Waals surface area contributed by atoms with Gasteiger partial charge in [-0.1, -0.05) is 30.3 Å². The SMILES string of the molecule is Cc1ncsc1CN(Cc1ccccc1)C(=O)[C@@H]1CCCN1S(C)(=O)=O. The highest BCUT2D eigenvalue weighted by molar-refractivity contribution is 7.88. The van der Waals surface area contributed by atoms with Crippen LogP contribution in [0.15, 0.2) is 35.8 Å². The number of hydrogen-bond acceptors (Lipinski definition) is 5. The van der Waals surface area contributed by atoms with Crippen molar-refractivity contribution in [3.05, 3.63) is 52.0 Å². The molecule has 6 nitrogen and oxygen atoms in total. The molecule has 0 saturated carbocycles. The second kappa shape index (κ2) is 7.85. The molecule has 1 aromatic carbocycles. The van der Waals surface area contributed by atoms with E-state index in [1.165, 1.54) is 21.9 Å². The summed E-state index contributed by atoms with van der Waals surface area (Å²) < 4.78 is 25.4. The summed E-state index contributed by atoms with van der Waals surface area (Å²) in [4.78, 5) is 20.3. The third-order valence-electron chi connectivity index (χ3n) is 4.62. The molecule has 1 aliphatic heterocycles. The summed E-state index contributed by atoms with van der Waals surface area (Å²) in [5.41, 5.74) is 3.70. The van der Waals surface area contributed by atoms with E-state index in [1.54, 1.807) is 10.4 Å². The molecule has 0 bridgehead atoms. The van der Waals surface area contributed by atoms with Gasteiger partial charge in [-0.2, -0.15) is 4.31 Å². The van der Waals surface area contributed by atoms with Gasteiger partial charge in [0.25, 0.3) is 0 Å². The van der Waals surface area contributed by atoms with E-state index in [4.69, 9.17) is 0 Å². The van der Waals surface area contributed by atoms with Crippen LogP contribution in [-0.4, -0.2) is 47.4 Å². The van der Waals surface area contributed by atoms with Crippen LogP contribution in [0, 0.1) is 6.92 Å². The van der Waals surface area contributed by atoms with Gasteiger partial charge in [-0.05, 0) is 25.3 Å². The number of thiazole rings is 1. The number of rotatable bonds is 6. The van der Waals surface area contributed by atoms with E-state index in [2.05, 4.69) is 4.98 Å². The molecule has 26 heavy (non-hydrogen) atoms. The van der Waals surface area contributed by atoms with E-state index in [0.717, 1.165) is 16.1 Å². The first-order valence-corrected chi connectivity index (χ1v) is 11.3. The van der Waals surface area contributed by atoms with Gasteiger partial charge in [-0.25, -0.2) is 13.4 Å². The molecule has 0 N–H and O–H groups in total. The van der Waals surface area contributed by atoms with Crippen LogP contribution in [0.4, 0.5) is 0 Å². The first-order valence-electron chi connectivity index (χ1n) is 8.55. The van der Waals surface area contributed by atoms with Crippen molar-refractivity contribution in [1.82, 2.24) is 14.2 Å². The molecule has 1 aliphatic rings. The van der Waals surface area contributed by atoms with Crippen LogP contribution >= 0.6 is 11.3 Å². The fourth-order valence-corrected chi connectivity index (χ4v) is 5.17. The normalized spacial score (nSPS) is 18.2. The molecule has 8 heteroatoms. The van der Waals surface area contributed by atoms with Crippen LogP contribution in [0.2, 0.25) is 0 Å². The van der Waals surface area contributed by atoms with Gasteiger partial charge >= 0.3 is 0 Å². The van der Waals surface area contributed by atoms with Gasteiger partial charge in [0, 0.05) is 18.0 Å². The third-order valence-corrected chi connectivity index (χ3v) is 6.83. The van der Waals surface area contributed by atoms with Gasteiger partial charge in [0.1, 0.15) is 6.04 Å². The Labute approximate surface area is 158 Å². The molecule has 1 atom stereocenters. The molecule has 2 aromatic rings. The number of hydrogen-bond donors (Lipinski definition) is 0. The van der Waals surface area contributed by atoms with Crippen LogP contribution in [-0.2, 0) is 27.9 Å². The van der Waals surface area contributed by atoms with Gasteiger partial charge in [0.2, 0.25) is 15.9 Å². The van der Waals surface area contributed by atoms with E-state index < -0.39 is 16.1 Å². The van der Waals surface area contributed by atoms with Gasteiger partial charge in [-0.15, -0.1) is 11.3 Å². The standard InChI is InChI=1S/C18H23N3O3S2/c1-14-17(25-13-19-14)12-20(11-15-7-4-3-5-8-15)18(22)16-9-6-10-21(16)26(2,23)24/h3-5,7-8,13,16H,6,9-12H2,1-2H3/t16-/m0/s1. The number of benzene rings is 1. The fraction of sp³-hybridized carbons (Fsp3) is 0.444. The molecule has 2 heterocycles. The summed E-state index contributed by atoms with van der Waals surface area (Å²) in [5, 5.41) is 0. The second-order valence-electron chi connectivity index (χ2n) is 6.57. The Morgan fingerprint density at radius 2 is 2.04 bits per heavy atom. The summed E-state index contributed by atoms with van der Waals surface area (Å²) in [5.74, 6) is -0.135. The summed E-state index contributed by atoms with van der Waals surface area (Å²) in [6, 6.07) is 9.15. The molecule has 0 radical (unpaired) electrons. The number of aryl methyl sites for hydroxylation is 1. The van der Waals surface area contributed by atoms with E-state index in [-0.39, 0.29) is 5.91 Å². The first kappa shape index (κ1) is 19.0. The number of carbonyl (C=O) groups excluding carboxylic acids is 1. The van der Waals surface area contributed by atoms with Crippen molar-refractivity contribution in [2.75, 3.05) is 12.8 Å². The van der Waals surface area contributed by atoms with Gasteiger partial charge < -0.3 is 4.90 Å². The Hall–Kier alpha value is -1.77. The third kappa shape index (κ3) is 4.31. The quantitative estimate of drug-likeness (QED) is 0.756. The summed E-state index contributed by atoms with van der Waals surface area (Å²) >= 11 is 1.52. The number of sulfonamides is 1. The Morgan fingerprint density at radius 1 is 1.31 bits per heavy atom. The average molecular weight is 394 g/mol. The molecule has 1 amide bonds. The van der Waals surface area contributed by atoms with E-state index in [0.29, 0.717) is 32.5 Å². The van der Waals surface area contributed by atoms with Crippen LogP contribution < -0.4 is 0 Å². The Balaban J connectivity index is 1.86. The van der Waals surface area contributed by atoms with Crippen molar-refractivity contribution in [2.45, 2.75) is 38.9 Å². The average Bonchev–Trinajstić information content (AvgIpc) is 3.24. The minimum atomic E-state index is -3.40. The predicted molar refractivity (Wildman–Crippen MR) is 102 cm³/mol. The molecule has 0 spiro atoms. The lowest BCUT2D eigenvalue weighted by molar-refractivity contribution is -0.135. The monoisotopic (exact) mass is 393 g/mol. The molecule has 1 fully saturated rings. The smallest absolute Gasteiger partial charge is 0.241 e. The van der Waals surface area contributed by atoms with Gasteiger partial charge in [0.05, 0.1) is 24.0 Å². The van der Waals surface area contributed by atoms with Crippen molar-refractivity contribution in [3.63, 3.8) is 0 Å². The number of amides is 1. The first-order chi connectivity index (χ1) is 12.4. The highest BCUT2D eigenvalue weighted by atomic mass is 32.2. The zero-order valence-electron chi connectivity index (χ0n) is 15.0. The van der Waals surface area contributed by atoms with Crippen molar-refractivity contribution in [3.8, 4) is 0 Å². The largest absolute Gasteiger partial charge is 0.332 e. The molecular weight excluding hydrogens is 370 g/mol. The van der Waals surface area contributed by atoms with Crippen molar-refractivity contribution in [1.29, 1.82) is 0 Å². The summed E-state index contributed by atoms with van der Waals surface area (Å²) in [7, 11) is -3.40. The Kier molecular flexibility index (Phi) is 5.74. The van der Waals surface area contributed by atoms with Crippen LogP contribution in [0.3, 0.4) is 0 Å². The zero-order chi connectivity index (χ0) is 18.7. The molecule has 1 saturated heterocycles. The second-order valence-corrected chi connectivity index (χ2v) is 9.45. The van der Waals surface area contributed by atoms with Crippen molar-refractivity contribution >= 4 is 27.3 Å². The lowest BCUT2D eigenvalue weighted by Gasteiger charge is -2.29. The molecular formula is C18H23N3O3S2. The van der Waals surface area contributed by atoms with Crippen LogP contribution in [0.25, 0.3) is 0 Å². The number of carbonyl (C=O) groups is 1. The predicted octanol–water partition coefficient (Wildman–Crippen LogP) is 2.40. The van der Waals surface area contributed by atoms with Crippen LogP contribution in [0.1, 0.15) is 29.0 Å². The number of aromatic nitrogens is 1. The molecule has 1 aromatic heterocycles. The lowest BCUT2D eigenvalue weighted by Crippen LogP contribution is -2.47. The summed E-state index contributed by atoms with van der Waals surface area (Å²) in [6.45, 7) is 3.23. The molecule has 0 unspecified atom stereocenters. The van der Waals surface area contributed by atoms with E-state index >= 15 is 0 Å². The molecule has 140 valence electrons. The number of nitrogens with zero attached hydrogens (tertiary/aromatic N) is 3. The lowest BCUT2D eigenvalue weighted by atomic mass is 10.1. The van der Waals surface area contributed by atoms with Crippen molar-refractivity contribution in [2.24, 2.45) is 0 Å². The molecule has 0 aliphatic carbocycles. The maximum atomic E-state index is 13.2. The maximum Gasteiger partial charge on any atom is 0.241 e. The fourth-order valence-electron chi connectivity index (χ4n) is 3.26. The highest BCUT2D eigenvalue weighted by Crippen LogP contribution is 2.25. The van der Waals surface area contributed by atoms with Crippen molar-refractivity contribution < 1.29 is 13.2 Å². The minimum Gasteiger partial charge on any atom is -0.332 e. The maximum absolute atomic E-state index is 13.2. The highest BCUT2D eigenvalue weighted by Gasteiger charge is 2.38. The Morgan fingerprint density at radius 3 is 2.65 bits per heavy atom. The van der Waals surface area contributed by atoms with Crippen LogP contribution in [0.5, 0.6) is 0 Å². The van der Waals surface area contributed by atoms with Gasteiger partial charge in [0.15, 0.2) is 0 Å². The zero-order valence-corrected chi connectivity index (χ0v) is 16.6.